The number of nitrogens with zero attached hydrogens (tertiary/aromatic N) is 4. The molecule has 0 aliphatic carbocycles. The fourth-order valence-corrected chi connectivity index (χ4v) is 4.89. The largest absolute Gasteiger partial charge is 0.397 e. The first kappa shape index (κ1) is 24.6. The minimum absolute atomic E-state index is 0.0739. The second-order valence-corrected chi connectivity index (χ2v) is 10.8. The summed E-state index contributed by atoms with van der Waals surface area (Å²) in [6.45, 7) is -0.0739. The normalized spacial score (nSPS) is 12.0. The zero-order chi connectivity index (χ0) is 27.3. The molecule has 13 heteroatoms. The lowest BCUT2D eigenvalue weighted by atomic mass is 10.0. The zero-order valence-electron chi connectivity index (χ0n) is 20.3. The van der Waals surface area contributed by atoms with Crippen molar-refractivity contribution >= 4 is 37.8 Å². The van der Waals surface area contributed by atoms with Crippen molar-refractivity contribution in [1.29, 1.82) is 0 Å². The zero-order valence-corrected chi connectivity index (χ0v) is 21.1. The number of hydrogen-bond donors (Lipinski definition) is 4. The number of rotatable bonds is 6. The number of nitrogens with two attached hydrogens (primary N) is 1. The Hall–Kier alpha value is -4.75. The van der Waals surface area contributed by atoms with Crippen molar-refractivity contribution in [3.63, 3.8) is 0 Å². The molecule has 0 saturated heterocycles. The molecule has 0 saturated carbocycles. The Morgan fingerprint density at radius 1 is 1.03 bits per heavy atom. The Morgan fingerprint density at radius 3 is 2.67 bits per heavy atom. The molecule has 0 spiro atoms. The van der Waals surface area contributed by atoms with Crippen LogP contribution < -0.4 is 10.5 Å². The van der Waals surface area contributed by atoms with Gasteiger partial charge in [0, 0.05) is 41.8 Å². The van der Waals surface area contributed by atoms with Crippen LogP contribution >= 0.6 is 0 Å². The van der Waals surface area contributed by atoms with Crippen molar-refractivity contribution in [1.82, 2.24) is 34.9 Å². The Kier molecular flexibility index (Phi) is 5.81. The van der Waals surface area contributed by atoms with E-state index in [1.165, 1.54) is 30.7 Å². The summed E-state index contributed by atoms with van der Waals surface area (Å²) in [4.78, 5) is 16.0. The number of hydrogen-bond acceptors (Lipinski definition) is 7. The molecule has 0 amide bonds. The van der Waals surface area contributed by atoms with E-state index in [1.807, 2.05) is 0 Å². The summed E-state index contributed by atoms with van der Waals surface area (Å²) in [5.41, 5.74) is 10.1. The molecule has 4 heterocycles. The smallest absolute Gasteiger partial charge is 0.209 e. The van der Waals surface area contributed by atoms with E-state index < -0.39 is 21.7 Å². The number of nitrogens with one attached hydrogen (secondary N) is 3. The third-order valence-electron chi connectivity index (χ3n) is 6.16. The van der Waals surface area contributed by atoms with E-state index in [0.717, 1.165) is 6.26 Å². The van der Waals surface area contributed by atoms with Gasteiger partial charge in [-0.15, -0.1) is 0 Å². The molecule has 4 aromatic heterocycles. The summed E-state index contributed by atoms with van der Waals surface area (Å²) in [6.07, 6.45) is 5.56. The Labute approximate surface area is 220 Å². The highest BCUT2D eigenvalue weighted by atomic mass is 32.2. The molecule has 0 radical (unpaired) electrons. The van der Waals surface area contributed by atoms with Crippen molar-refractivity contribution in [2.75, 3.05) is 12.0 Å². The van der Waals surface area contributed by atoms with Gasteiger partial charge in [0.1, 0.15) is 17.3 Å². The van der Waals surface area contributed by atoms with Gasteiger partial charge in [-0.1, -0.05) is 0 Å². The monoisotopic (exact) mass is 546 g/mol. The Balaban J connectivity index is 1.46. The molecule has 0 unspecified atom stereocenters. The van der Waals surface area contributed by atoms with E-state index in [4.69, 9.17) is 5.73 Å². The van der Waals surface area contributed by atoms with Gasteiger partial charge < -0.3 is 10.7 Å². The fraction of sp³-hybridized carbons (Fsp3) is 0.0769. The number of halogens is 2. The van der Waals surface area contributed by atoms with E-state index in [0.29, 0.717) is 50.2 Å². The topological polar surface area (TPSA) is 155 Å². The van der Waals surface area contributed by atoms with Gasteiger partial charge >= 0.3 is 0 Å². The van der Waals surface area contributed by atoms with Crippen LogP contribution in [-0.2, 0) is 16.6 Å². The minimum atomic E-state index is -3.46. The second-order valence-electron chi connectivity index (χ2n) is 9.01. The van der Waals surface area contributed by atoms with Crippen LogP contribution in [0.1, 0.15) is 5.56 Å². The molecule has 39 heavy (non-hydrogen) atoms. The maximum absolute atomic E-state index is 15.8. The van der Waals surface area contributed by atoms with Gasteiger partial charge in [0.05, 0.1) is 28.4 Å². The van der Waals surface area contributed by atoms with Crippen molar-refractivity contribution in [2.24, 2.45) is 0 Å². The number of aromatic amines is 2. The summed E-state index contributed by atoms with van der Waals surface area (Å²) >= 11 is 0. The van der Waals surface area contributed by atoms with Crippen LogP contribution in [0.4, 0.5) is 14.5 Å². The third-order valence-corrected chi connectivity index (χ3v) is 6.83. The first-order valence-corrected chi connectivity index (χ1v) is 13.5. The van der Waals surface area contributed by atoms with E-state index in [-0.39, 0.29) is 23.4 Å². The number of anilines is 1. The summed E-state index contributed by atoms with van der Waals surface area (Å²) < 4.78 is 55.7. The predicted octanol–water partition coefficient (Wildman–Crippen LogP) is 4.14. The third kappa shape index (κ3) is 4.69. The number of benzene rings is 2. The van der Waals surface area contributed by atoms with Crippen LogP contribution in [0.25, 0.3) is 55.8 Å². The summed E-state index contributed by atoms with van der Waals surface area (Å²) in [5.74, 6) is -0.801. The lowest BCUT2D eigenvalue weighted by Crippen LogP contribution is -2.21. The Bertz CT molecular complexity index is 2000. The van der Waals surface area contributed by atoms with Crippen molar-refractivity contribution < 1.29 is 17.2 Å². The first-order chi connectivity index (χ1) is 18.7. The van der Waals surface area contributed by atoms with Crippen LogP contribution in [0.3, 0.4) is 0 Å². The molecule has 0 aliphatic rings. The summed E-state index contributed by atoms with van der Waals surface area (Å²) in [6, 6.07) is 10.9. The molecule has 196 valence electrons. The summed E-state index contributed by atoms with van der Waals surface area (Å²) in [7, 11) is -3.46. The van der Waals surface area contributed by atoms with Crippen LogP contribution in [0.2, 0.25) is 0 Å². The maximum Gasteiger partial charge on any atom is 0.209 e. The highest BCUT2D eigenvalue weighted by Gasteiger charge is 2.21. The summed E-state index contributed by atoms with van der Waals surface area (Å²) in [5, 5.41) is 7.35. The molecular formula is C26H20F2N8O2S. The average molecular weight is 547 g/mol. The van der Waals surface area contributed by atoms with Crippen molar-refractivity contribution in [2.45, 2.75) is 6.54 Å². The van der Waals surface area contributed by atoms with Gasteiger partial charge in [0.25, 0.3) is 0 Å². The number of nitrogen functional groups attached to an aromatic ring is 1. The Morgan fingerprint density at radius 2 is 1.87 bits per heavy atom. The van der Waals surface area contributed by atoms with Crippen molar-refractivity contribution in [3.8, 4) is 33.8 Å². The van der Waals surface area contributed by atoms with E-state index in [9.17, 15) is 12.8 Å². The molecule has 10 nitrogen and oxygen atoms in total. The lowest BCUT2D eigenvalue weighted by molar-refractivity contribution is 0.586. The van der Waals surface area contributed by atoms with E-state index in [1.54, 1.807) is 30.3 Å². The lowest BCUT2D eigenvalue weighted by Gasteiger charge is -2.08. The quantitative estimate of drug-likeness (QED) is 0.245. The van der Waals surface area contributed by atoms with Crippen LogP contribution in [0.15, 0.2) is 61.1 Å². The maximum atomic E-state index is 15.8. The van der Waals surface area contributed by atoms with Crippen LogP contribution in [0.5, 0.6) is 0 Å². The number of imidazole rings is 1. The number of pyridine rings is 2. The van der Waals surface area contributed by atoms with Gasteiger partial charge in [-0.05, 0) is 53.6 Å². The van der Waals surface area contributed by atoms with Crippen molar-refractivity contribution in [3.05, 3.63) is 78.3 Å². The number of fused-ring (bicyclic) bond motifs is 2. The first-order valence-electron chi connectivity index (χ1n) is 11.6. The molecular weight excluding hydrogens is 526 g/mol. The molecule has 5 N–H and O–H groups in total. The van der Waals surface area contributed by atoms with Gasteiger partial charge in [-0.3, -0.25) is 10.1 Å². The predicted molar refractivity (Wildman–Crippen MR) is 144 cm³/mol. The molecule has 2 aromatic carbocycles. The number of aromatic nitrogens is 6. The van der Waals surface area contributed by atoms with E-state index >= 15 is 4.39 Å². The van der Waals surface area contributed by atoms with Crippen LogP contribution in [0, 0.1) is 11.6 Å². The minimum Gasteiger partial charge on any atom is -0.397 e. The van der Waals surface area contributed by atoms with Gasteiger partial charge in [0.2, 0.25) is 10.0 Å². The van der Waals surface area contributed by atoms with Crippen LogP contribution in [-0.4, -0.2) is 44.8 Å². The standard InChI is InChI=1S/C26H20F2N8O2S/c1-39(37,38)32-10-13-6-14(8-16(27)7-13)19-4-5-31-25-23(19)33-26(34-25)24-21-20(35-36-24)3-2-18(22(21)28)15-9-17(29)12-30-11-15/h2-9,11-12,32H,10,29H2,1H3,(H,35,36)(H,31,33,34). The average Bonchev–Trinajstić information content (AvgIpc) is 3.51. The molecule has 0 aliphatic heterocycles. The fourth-order valence-electron chi connectivity index (χ4n) is 4.46. The number of H-pyrrole nitrogens is 2. The molecule has 0 bridgehead atoms. The molecule has 0 atom stereocenters. The molecule has 6 rings (SSSR count). The number of sulfonamides is 1. The SMILES string of the molecule is CS(=O)(=O)NCc1cc(F)cc(-c2ccnc3nc(-c4n[nH]c5ccc(-c6cncc(N)c6)c(F)c45)[nH]c23)c1. The highest BCUT2D eigenvalue weighted by Crippen LogP contribution is 2.35. The van der Waals surface area contributed by atoms with Gasteiger partial charge in [0.15, 0.2) is 11.5 Å². The molecule has 0 fully saturated rings. The van der Waals surface area contributed by atoms with Gasteiger partial charge in [-0.2, -0.15) is 5.10 Å². The van der Waals surface area contributed by atoms with E-state index in [2.05, 4.69) is 34.9 Å². The molecule has 6 aromatic rings. The second kappa shape index (κ2) is 9.22. The van der Waals surface area contributed by atoms with Gasteiger partial charge in [-0.25, -0.2) is 31.9 Å². The highest BCUT2D eigenvalue weighted by molar-refractivity contribution is 7.88.